The first kappa shape index (κ1) is 21.5. The van der Waals surface area contributed by atoms with Gasteiger partial charge in [0, 0.05) is 43.3 Å². The van der Waals surface area contributed by atoms with Gasteiger partial charge in [0.05, 0.1) is 11.8 Å². The van der Waals surface area contributed by atoms with Crippen molar-refractivity contribution in [3.05, 3.63) is 70.2 Å². The van der Waals surface area contributed by atoms with Crippen LogP contribution in [0.1, 0.15) is 16.7 Å². The van der Waals surface area contributed by atoms with Gasteiger partial charge in [0.25, 0.3) is 0 Å². The topological polar surface area (TPSA) is 18.8 Å². The normalized spacial score (nSPS) is 15.8. The van der Waals surface area contributed by atoms with E-state index in [9.17, 15) is 13.2 Å². The molecule has 1 aliphatic rings. The van der Waals surface area contributed by atoms with Gasteiger partial charge in [-0.25, -0.2) is 0 Å². The minimum absolute atomic E-state index is 0. The number of piperazine rings is 1. The van der Waals surface area contributed by atoms with Crippen molar-refractivity contribution in [2.75, 3.05) is 26.2 Å². The number of halogens is 5. The van der Waals surface area contributed by atoms with Crippen LogP contribution in [0.3, 0.4) is 0 Å². The van der Waals surface area contributed by atoms with Gasteiger partial charge in [-0.1, -0.05) is 41.9 Å². The summed E-state index contributed by atoms with van der Waals surface area (Å²) in [6.45, 7) is 3.80. The Morgan fingerprint density at radius 3 is 2.22 bits per heavy atom. The predicted molar refractivity (Wildman–Crippen MR) is 105 cm³/mol. The van der Waals surface area contributed by atoms with Crippen LogP contribution in [0.4, 0.5) is 13.2 Å². The summed E-state index contributed by atoms with van der Waals surface area (Å²) in [6.07, 6.45) is -3.07. The minimum atomic E-state index is -4.38. The van der Waals surface area contributed by atoms with E-state index in [2.05, 4.69) is 10.0 Å². The zero-order valence-corrected chi connectivity index (χ0v) is 16.1. The van der Waals surface area contributed by atoms with Crippen LogP contribution in [0.2, 0.25) is 5.02 Å². The van der Waals surface area contributed by atoms with E-state index in [1.165, 1.54) is 23.9 Å². The van der Waals surface area contributed by atoms with Crippen molar-refractivity contribution in [2.24, 2.45) is 5.10 Å². The van der Waals surface area contributed by atoms with Crippen molar-refractivity contribution in [1.29, 1.82) is 0 Å². The number of rotatable bonds is 4. The van der Waals surface area contributed by atoms with Gasteiger partial charge >= 0.3 is 6.18 Å². The van der Waals surface area contributed by atoms with Gasteiger partial charge in [-0.2, -0.15) is 18.3 Å². The number of hydrogen-bond donors (Lipinski definition) is 0. The first-order valence-corrected chi connectivity index (χ1v) is 8.71. The van der Waals surface area contributed by atoms with E-state index in [1.807, 2.05) is 29.3 Å². The first-order valence-electron chi connectivity index (χ1n) is 8.34. The number of nitrogens with zero attached hydrogens (tertiary/aromatic N) is 3. The fraction of sp³-hybridized carbons (Fsp3) is 0.316. The highest BCUT2D eigenvalue weighted by atomic mass is 35.5. The molecule has 1 saturated heterocycles. The summed E-state index contributed by atoms with van der Waals surface area (Å²) in [6, 6.07) is 13.2. The average molecular weight is 418 g/mol. The molecule has 2 aromatic carbocycles. The van der Waals surface area contributed by atoms with Crippen molar-refractivity contribution in [3.63, 3.8) is 0 Å². The highest BCUT2D eigenvalue weighted by molar-refractivity contribution is 6.30. The van der Waals surface area contributed by atoms with Crippen molar-refractivity contribution in [2.45, 2.75) is 12.7 Å². The van der Waals surface area contributed by atoms with Crippen LogP contribution >= 0.6 is 24.0 Å². The van der Waals surface area contributed by atoms with Gasteiger partial charge in [-0.15, -0.1) is 12.4 Å². The summed E-state index contributed by atoms with van der Waals surface area (Å²) < 4.78 is 39.0. The Morgan fingerprint density at radius 1 is 0.963 bits per heavy atom. The number of alkyl halides is 3. The molecule has 146 valence electrons. The lowest BCUT2D eigenvalue weighted by Crippen LogP contribution is -2.43. The Kier molecular flexibility index (Phi) is 7.53. The molecule has 1 aliphatic heterocycles. The average Bonchev–Trinajstić information content (AvgIpc) is 2.62. The Balaban J connectivity index is 0.00000261. The van der Waals surface area contributed by atoms with Crippen molar-refractivity contribution >= 4 is 30.2 Å². The lowest BCUT2D eigenvalue weighted by Gasteiger charge is -2.33. The van der Waals surface area contributed by atoms with Crippen LogP contribution in [-0.4, -0.2) is 42.3 Å². The quantitative estimate of drug-likeness (QED) is 0.656. The second-order valence-corrected chi connectivity index (χ2v) is 6.62. The summed E-state index contributed by atoms with van der Waals surface area (Å²) in [5.41, 5.74) is 0.610. The third-order valence-electron chi connectivity index (χ3n) is 4.29. The molecular weight excluding hydrogens is 398 g/mol. The van der Waals surface area contributed by atoms with E-state index in [1.54, 1.807) is 6.07 Å². The Labute approximate surface area is 167 Å². The maximum Gasteiger partial charge on any atom is 0.417 e. The van der Waals surface area contributed by atoms with Crippen molar-refractivity contribution in [1.82, 2.24) is 9.91 Å². The fourth-order valence-electron chi connectivity index (χ4n) is 2.87. The Hall–Kier alpha value is -1.76. The van der Waals surface area contributed by atoms with Gasteiger partial charge in [0.15, 0.2) is 0 Å². The molecule has 0 aromatic heterocycles. The molecule has 0 amide bonds. The van der Waals surface area contributed by atoms with Crippen LogP contribution in [0, 0.1) is 0 Å². The zero-order chi connectivity index (χ0) is 18.6. The Bertz CT molecular complexity index is 756. The lowest BCUT2D eigenvalue weighted by atomic mass is 10.1. The SMILES string of the molecule is Cl.FC(F)(F)c1ccccc1C=NN1CCN(Cc2ccc(Cl)cc2)CC1. The van der Waals surface area contributed by atoms with Gasteiger partial charge in [0.1, 0.15) is 0 Å². The fourth-order valence-corrected chi connectivity index (χ4v) is 3.00. The molecule has 0 bridgehead atoms. The summed E-state index contributed by atoms with van der Waals surface area (Å²) >= 11 is 5.89. The molecule has 0 saturated carbocycles. The highest BCUT2D eigenvalue weighted by Gasteiger charge is 2.32. The molecule has 0 spiro atoms. The van der Waals surface area contributed by atoms with E-state index < -0.39 is 11.7 Å². The van der Waals surface area contributed by atoms with E-state index >= 15 is 0 Å². The molecule has 2 aromatic rings. The molecular formula is C19H20Cl2F3N3. The summed E-state index contributed by atoms with van der Waals surface area (Å²) in [5, 5.41) is 6.77. The Morgan fingerprint density at radius 2 is 1.59 bits per heavy atom. The van der Waals surface area contributed by atoms with Crippen LogP contribution in [0.25, 0.3) is 0 Å². The van der Waals surface area contributed by atoms with Gasteiger partial charge < -0.3 is 0 Å². The molecule has 3 rings (SSSR count). The van der Waals surface area contributed by atoms with Gasteiger partial charge in [-0.05, 0) is 23.8 Å². The molecule has 0 N–H and O–H groups in total. The molecule has 27 heavy (non-hydrogen) atoms. The second-order valence-electron chi connectivity index (χ2n) is 6.19. The van der Waals surface area contributed by atoms with Crippen molar-refractivity contribution < 1.29 is 13.2 Å². The minimum Gasteiger partial charge on any atom is -0.295 e. The lowest BCUT2D eigenvalue weighted by molar-refractivity contribution is -0.137. The molecule has 1 heterocycles. The summed E-state index contributed by atoms with van der Waals surface area (Å²) in [5.74, 6) is 0. The second kappa shape index (κ2) is 9.44. The van der Waals surface area contributed by atoms with Gasteiger partial charge in [0.2, 0.25) is 0 Å². The maximum atomic E-state index is 13.0. The molecule has 3 nitrogen and oxygen atoms in total. The van der Waals surface area contributed by atoms with E-state index in [4.69, 9.17) is 11.6 Å². The monoisotopic (exact) mass is 417 g/mol. The summed E-state index contributed by atoms with van der Waals surface area (Å²) in [4.78, 5) is 2.29. The first-order chi connectivity index (χ1) is 12.4. The molecule has 0 radical (unpaired) electrons. The van der Waals surface area contributed by atoms with E-state index in [0.29, 0.717) is 18.1 Å². The molecule has 0 aliphatic carbocycles. The van der Waals surface area contributed by atoms with Crippen LogP contribution in [0.15, 0.2) is 53.6 Å². The standard InChI is InChI=1S/C19H19ClF3N3.ClH/c20-17-7-5-15(6-8-17)14-25-9-11-26(12-10-25)24-13-16-3-1-2-4-18(16)19(21,22)23;/h1-8,13H,9-12,14H2;1H. The van der Waals surface area contributed by atoms with Crippen molar-refractivity contribution in [3.8, 4) is 0 Å². The van der Waals surface area contributed by atoms with Crippen LogP contribution in [0.5, 0.6) is 0 Å². The third-order valence-corrected chi connectivity index (χ3v) is 4.55. The summed E-state index contributed by atoms with van der Waals surface area (Å²) in [7, 11) is 0. The number of hydrogen-bond acceptors (Lipinski definition) is 3. The molecule has 0 unspecified atom stereocenters. The molecule has 1 fully saturated rings. The van der Waals surface area contributed by atoms with Gasteiger partial charge in [-0.3, -0.25) is 9.91 Å². The zero-order valence-electron chi connectivity index (χ0n) is 14.5. The maximum absolute atomic E-state index is 13.0. The largest absolute Gasteiger partial charge is 0.417 e. The number of benzene rings is 2. The highest BCUT2D eigenvalue weighted by Crippen LogP contribution is 2.31. The van der Waals surface area contributed by atoms with E-state index in [-0.39, 0.29) is 18.0 Å². The molecule has 8 heteroatoms. The van der Waals surface area contributed by atoms with Crippen LogP contribution < -0.4 is 0 Å². The molecule has 0 atom stereocenters. The number of hydrazone groups is 1. The smallest absolute Gasteiger partial charge is 0.295 e. The van der Waals surface area contributed by atoms with E-state index in [0.717, 1.165) is 25.7 Å². The predicted octanol–water partition coefficient (Wildman–Crippen LogP) is 4.93. The van der Waals surface area contributed by atoms with Crippen LogP contribution in [-0.2, 0) is 12.7 Å². The third kappa shape index (κ3) is 6.13.